The monoisotopic (exact) mass is 329 g/mol. The molecule has 0 aliphatic heterocycles. The Morgan fingerprint density at radius 2 is 1.71 bits per heavy atom. The van der Waals surface area contributed by atoms with Crippen molar-refractivity contribution in [3.63, 3.8) is 0 Å². The molecule has 1 heterocycles. The molecule has 130 valence electrons. The van der Waals surface area contributed by atoms with Crippen LogP contribution in [-0.4, -0.2) is 19.5 Å². The van der Waals surface area contributed by atoms with Gasteiger partial charge < -0.3 is 14.6 Å². The summed E-state index contributed by atoms with van der Waals surface area (Å²) in [5.74, 6) is 1.67. The van der Waals surface area contributed by atoms with Crippen molar-refractivity contribution in [3.8, 4) is 0 Å². The highest BCUT2D eigenvalue weighted by atomic mass is 16.3. The van der Waals surface area contributed by atoms with Crippen LogP contribution in [0.3, 0.4) is 0 Å². The maximum atomic E-state index is 12.5. The molecule has 0 saturated carbocycles. The van der Waals surface area contributed by atoms with Gasteiger partial charge >= 0.3 is 0 Å². The molecule has 4 nitrogen and oxygen atoms in total. The zero-order valence-electron chi connectivity index (χ0n) is 15.3. The normalized spacial score (nSPS) is 12.6. The third kappa shape index (κ3) is 4.71. The summed E-state index contributed by atoms with van der Waals surface area (Å²) < 4.78 is 5.35. The molecule has 1 aromatic heterocycles. The first-order chi connectivity index (χ1) is 11.4. The number of hydrogen-bond donors (Lipinski definition) is 2. The van der Waals surface area contributed by atoms with E-state index in [1.54, 1.807) is 6.26 Å². The maximum absolute atomic E-state index is 12.5. The highest BCUT2D eigenvalue weighted by Crippen LogP contribution is 2.32. The number of rotatable bonds is 7. The number of furan rings is 1. The van der Waals surface area contributed by atoms with Gasteiger partial charge in [-0.05, 0) is 35.1 Å². The first-order valence-electron chi connectivity index (χ1n) is 8.64. The lowest BCUT2D eigenvalue weighted by Gasteiger charge is -2.21. The molecule has 0 aliphatic rings. The molecule has 0 fully saturated rings. The second kappa shape index (κ2) is 8.15. The number of quaternary nitrogens is 1. The standard InChI is InChI=1S/C20H28N2O2/c1-14(2)17-9-6-10-18(15(3)4)20(17)21-19(23)13-22(5)12-16-8-7-11-24-16/h6-11,14-15H,12-13H2,1-5H3,(H,21,23)/p+1. The number of carbonyl (C=O) groups is 1. The number of anilines is 1. The van der Waals surface area contributed by atoms with Crippen molar-refractivity contribution in [2.45, 2.75) is 46.1 Å². The molecule has 2 aromatic rings. The van der Waals surface area contributed by atoms with Gasteiger partial charge in [0, 0.05) is 5.69 Å². The van der Waals surface area contributed by atoms with Crippen LogP contribution in [0.1, 0.15) is 56.4 Å². The average molecular weight is 329 g/mol. The Bertz CT molecular complexity index is 634. The van der Waals surface area contributed by atoms with Gasteiger partial charge in [-0.15, -0.1) is 0 Å². The van der Waals surface area contributed by atoms with E-state index in [0.717, 1.165) is 16.3 Å². The fourth-order valence-corrected chi connectivity index (χ4v) is 2.93. The van der Waals surface area contributed by atoms with Gasteiger partial charge in [0.2, 0.25) is 0 Å². The van der Waals surface area contributed by atoms with Crippen molar-refractivity contribution in [3.05, 3.63) is 53.5 Å². The third-order valence-corrected chi connectivity index (χ3v) is 4.16. The summed E-state index contributed by atoms with van der Waals surface area (Å²) in [6.45, 7) is 9.73. The van der Waals surface area contributed by atoms with E-state index in [4.69, 9.17) is 4.42 Å². The van der Waals surface area contributed by atoms with Gasteiger partial charge in [0.1, 0.15) is 6.54 Å². The SMILES string of the molecule is CC(C)c1cccc(C(C)C)c1NC(=O)C[NH+](C)Cc1ccco1. The lowest BCUT2D eigenvalue weighted by atomic mass is 9.92. The molecule has 2 N–H and O–H groups in total. The maximum Gasteiger partial charge on any atom is 0.279 e. The van der Waals surface area contributed by atoms with E-state index in [9.17, 15) is 4.79 Å². The number of nitrogens with one attached hydrogen (secondary N) is 2. The van der Waals surface area contributed by atoms with Gasteiger partial charge in [-0.25, -0.2) is 0 Å². The van der Waals surface area contributed by atoms with E-state index in [1.165, 1.54) is 11.1 Å². The molecule has 0 aliphatic carbocycles. The summed E-state index contributed by atoms with van der Waals surface area (Å²) in [4.78, 5) is 13.6. The minimum atomic E-state index is 0.0362. The van der Waals surface area contributed by atoms with Crippen molar-refractivity contribution in [2.24, 2.45) is 0 Å². The number of likely N-dealkylation sites (N-methyl/N-ethyl adjacent to an activating group) is 1. The average Bonchev–Trinajstić information content (AvgIpc) is 2.99. The lowest BCUT2D eigenvalue weighted by Crippen LogP contribution is -3.08. The Balaban J connectivity index is 2.10. The van der Waals surface area contributed by atoms with E-state index < -0.39 is 0 Å². The van der Waals surface area contributed by atoms with Crippen molar-refractivity contribution in [1.29, 1.82) is 0 Å². The summed E-state index contributed by atoms with van der Waals surface area (Å²) in [5.41, 5.74) is 3.37. The topological polar surface area (TPSA) is 46.7 Å². The van der Waals surface area contributed by atoms with Crippen LogP contribution in [0.15, 0.2) is 41.0 Å². The first kappa shape index (κ1) is 18.3. The molecule has 1 atom stereocenters. The quantitative estimate of drug-likeness (QED) is 0.819. The van der Waals surface area contributed by atoms with Gasteiger partial charge in [0.15, 0.2) is 12.3 Å². The Hall–Kier alpha value is -2.07. The first-order valence-corrected chi connectivity index (χ1v) is 8.64. The highest BCUT2D eigenvalue weighted by Gasteiger charge is 2.18. The zero-order valence-corrected chi connectivity index (χ0v) is 15.3. The molecule has 2 rings (SSSR count). The number of para-hydroxylation sites is 1. The second-order valence-corrected chi connectivity index (χ2v) is 7.06. The largest absolute Gasteiger partial charge is 0.463 e. The summed E-state index contributed by atoms with van der Waals surface area (Å²) >= 11 is 0. The molecular weight excluding hydrogens is 300 g/mol. The molecule has 1 unspecified atom stereocenters. The van der Waals surface area contributed by atoms with Crippen LogP contribution in [-0.2, 0) is 11.3 Å². The molecule has 1 aromatic carbocycles. The molecule has 0 bridgehead atoms. The van der Waals surface area contributed by atoms with Crippen LogP contribution in [0.4, 0.5) is 5.69 Å². The lowest BCUT2D eigenvalue weighted by molar-refractivity contribution is -0.886. The van der Waals surface area contributed by atoms with Gasteiger partial charge in [0.25, 0.3) is 5.91 Å². The second-order valence-electron chi connectivity index (χ2n) is 7.06. The van der Waals surface area contributed by atoms with E-state index >= 15 is 0 Å². The predicted molar refractivity (Wildman–Crippen MR) is 97.4 cm³/mol. The van der Waals surface area contributed by atoms with Gasteiger partial charge in [0.05, 0.1) is 13.3 Å². The van der Waals surface area contributed by atoms with Crippen LogP contribution >= 0.6 is 0 Å². The van der Waals surface area contributed by atoms with Crippen LogP contribution < -0.4 is 10.2 Å². The molecule has 4 heteroatoms. The predicted octanol–water partition coefficient (Wildman–Crippen LogP) is 3.18. The molecule has 0 radical (unpaired) electrons. The number of hydrogen-bond acceptors (Lipinski definition) is 2. The Morgan fingerprint density at radius 1 is 1.08 bits per heavy atom. The number of benzene rings is 1. The Kier molecular flexibility index (Phi) is 6.21. The smallest absolute Gasteiger partial charge is 0.279 e. The Labute approximate surface area is 144 Å². The Morgan fingerprint density at radius 3 is 2.21 bits per heavy atom. The minimum absolute atomic E-state index is 0.0362. The van der Waals surface area contributed by atoms with E-state index in [2.05, 4.69) is 51.2 Å². The zero-order chi connectivity index (χ0) is 17.7. The van der Waals surface area contributed by atoms with E-state index in [1.807, 2.05) is 19.2 Å². The van der Waals surface area contributed by atoms with Crippen molar-refractivity contribution in [1.82, 2.24) is 0 Å². The van der Waals surface area contributed by atoms with Crippen LogP contribution in [0.25, 0.3) is 0 Å². The molecule has 24 heavy (non-hydrogen) atoms. The summed E-state index contributed by atoms with van der Waals surface area (Å²) in [5, 5.41) is 3.16. The van der Waals surface area contributed by atoms with Crippen LogP contribution in [0.2, 0.25) is 0 Å². The summed E-state index contributed by atoms with van der Waals surface area (Å²) in [6.07, 6.45) is 1.66. The van der Waals surface area contributed by atoms with E-state index in [0.29, 0.717) is 24.9 Å². The summed E-state index contributed by atoms with van der Waals surface area (Å²) in [6, 6.07) is 10.1. The number of carbonyl (C=O) groups excluding carboxylic acids is 1. The third-order valence-electron chi connectivity index (χ3n) is 4.16. The van der Waals surface area contributed by atoms with Crippen LogP contribution in [0, 0.1) is 0 Å². The van der Waals surface area contributed by atoms with E-state index in [-0.39, 0.29) is 5.91 Å². The highest BCUT2D eigenvalue weighted by molar-refractivity contribution is 5.93. The van der Waals surface area contributed by atoms with Gasteiger partial charge in [-0.3, -0.25) is 4.79 Å². The van der Waals surface area contributed by atoms with Gasteiger partial charge in [-0.1, -0.05) is 45.9 Å². The van der Waals surface area contributed by atoms with Gasteiger partial charge in [-0.2, -0.15) is 0 Å². The fourth-order valence-electron chi connectivity index (χ4n) is 2.93. The molecule has 0 spiro atoms. The molecular formula is C20H29N2O2+. The van der Waals surface area contributed by atoms with Crippen molar-refractivity contribution in [2.75, 3.05) is 18.9 Å². The minimum Gasteiger partial charge on any atom is -0.463 e. The van der Waals surface area contributed by atoms with Crippen LogP contribution in [0.5, 0.6) is 0 Å². The number of amides is 1. The fraction of sp³-hybridized carbons (Fsp3) is 0.450. The molecule has 1 amide bonds. The molecule has 0 saturated heterocycles. The van der Waals surface area contributed by atoms with Crippen molar-refractivity contribution >= 4 is 11.6 Å². The van der Waals surface area contributed by atoms with Crippen molar-refractivity contribution < 1.29 is 14.1 Å². The summed E-state index contributed by atoms with van der Waals surface area (Å²) in [7, 11) is 2.00.